The molecule has 192 valence electrons. The van der Waals surface area contributed by atoms with Gasteiger partial charge in [-0.15, -0.1) is 0 Å². The van der Waals surface area contributed by atoms with E-state index in [1.54, 1.807) is 36.4 Å². The van der Waals surface area contributed by atoms with Crippen molar-refractivity contribution < 1.29 is 22.4 Å². The fourth-order valence-corrected chi connectivity index (χ4v) is 5.92. The smallest absolute Gasteiger partial charge is 0.410 e. The Balaban J connectivity index is 1.64. The Kier molecular flexibility index (Phi) is 7.40. The molecule has 1 aromatic heterocycles. The van der Waals surface area contributed by atoms with E-state index in [2.05, 4.69) is 4.98 Å². The minimum absolute atomic E-state index is 0.0246. The maximum atomic E-state index is 13.6. The van der Waals surface area contributed by atoms with Gasteiger partial charge in [-0.05, 0) is 81.8 Å². The Bertz CT molecular complexity index is 1280. The highest BCUT2D eigenvalue weighted by Gasteiger charge is 2.33. The van der Waals surface area contributed by atoms with Crippen LogP contribution in [0.3, 0.4) is 0 Å². The fraction of sp³-hybridized carbons (Fsp3) is 0.407. The quantitative estimate of drug-likeness (QED) is 0.404. The van der Waals surface area contributed by atoms with Crippen molar-refractivity contribution in [2.24, 2.45) is 0 Å². The number of aryl methyl sites for hydroxylation is 1. The number of ether oxygens (including phenoxy) is 1. The SMILES string of the molecule is CCCN(C(=O)OC(C)(C)C)C1CCc2cc(N(c3cnco3)S(=O)(=O)c3ccccc3)ccc2C1. The van der Waals surface area contributed by atoms with E-state index in [0.717, 1.165) is 24.0 Å². The largest absolute Gasteiger partial charge is 0.444 e. The average Bonchev–Trinajstić information content (AvgIpc) is 3.35. The van der Waals surface area contributed by atoms with Crippen LogP contribution in [0.4, 0.5) is 16.4 Å². The summed E-state index contributed by atoms with van der Waals surface area (Å²) in [5, 5.41) is 0. The Morgan fingerprint density at radius 3 is 2.53 bits per heavy atom. The second-order valence-corrected chi connectivity index (χ2v) is 11.7. The van der Waals surface area contributed by atoms with Crippen molar-refractivity contribution in [3.63, 3.8) is 0 Å². The standard InChI is InChI=1S/C27H33N3O5S/c1-5-15-29(26(31)35-27(2,3)4)22-13-11-21-17-23(14-12-20(21)16-22)30(25-18-28-19-34-25)36(32,33)24-9-7-6-8-10-24/h6-10,12,14,17-19,22H,5,11,13,15-16H2,1-4H3. The molecule has 1 unspecified atom stereocenters. The Hall–Kier alpha value is -3.33. The summed E-state index contributed by atoms with van der Waals surface area (Å²) in [6.45, 7) is 8.29. The number of amides is 1. The molecule has 1 heterocycles. The van der Waals surface area contributed by atoms with Gasteiger partial charge in [-0.25, -0.2) is 22.5 Å². The van der Waals surface area contributed by atoms with Crippen molar-refractivity contribution in [1.82, 2.24) is 9.88 Å². The third-order valence-electron chi connectivity index (χ3n) is 6.06. The molecular formula is C27H33N3O5S. The number of oxazole rings is 1. The van der Waals surface area contributed by atoms with Crippen molar-refractivity contribution in [1.29, 1.82) is 0 Å². The number of aromatic nitrogens is 1. The molecule has 0 spiro atoms. The molecule has 2 aromatic carbocycles. The number of carbonyl (C=O) groups excluding carboxylic acids is 1. The maximum Gasteiger partial charge on any atom is 0.410 e. The summed E-state index contributed by atoms with van der Waals surface area (Å²) in [6.07, 6.45) is 5.31. The van der Waals surface area contributed by atoms with Gasteiger partial charge >= 0.3 is 6.09 Å². The highest BCUT2D eigenvalue weighted by Crippen LogP contribution is 2.35. The molecule has 8 nitrogen and oxygen atoms in total. The van der Waals surface area contributed by atoms with Crippen LogP contribution in [0.1, 0.15) is 51.7 Å². The molecular weight excluding hydrogens is 478 g/mol. The van der Waals surface area contributed by atoms with Gasteiger partial charge in [0.1, 0.15) is 5.60 Å². The molecule has 4 rings (SSSR count). The molecule has 36 heavy (non-hydrogen) atoms. The van der Waals surface area contributed by atoms with Crippen LogP contribution >= 0.6 is 0 Å². The molecule has 1 aliphatic carbocycles. The van der Waals surface area contributed by atoms with Gasteiger partial charge in [0.25, 0.3) is 10.0 Å². The zero-order valence-electron chi connectivity index (χ0n) is 21.2. The topological polar surface area (TPSA) is 92.9 Å². The molecule has 1 amide bonds. The maximum absolute atomic E-state index is 13.6. The van der Waals surface area contributed by atoms with Crippen molar-refractivity contribution in [3.8, 4) is 0 Å². The molecule has 3 aromatic rings. The van der Waals surface area contributed by atoms with E-state index in [4.69, 9.17) is 9.15 Å². The van der Waals surface area contributed by atoms with Gasteiger partial charge in [0.15, 0.2) is 6.39 Å². The minimum atomic E-state index is -3.93. The summed E-state index contributed by atoms with van der Waals surface area (Å²) in [5.41, 5.74) is 2.07. The second-order valence-electron chi connectivity index (χ2n) is 9.95. The summed E-state index contributed by atoms with van der Waals surface area (Å²) in [6, 6.07) is 13.9. The number of sulfonamides is 1. The first-order valence-electron chi connectivity index (χ1n) is 12.2. The van der Waals surface area contributed by atoms with Gasteiger partial charge < -0.3 is 14.1 Å². The Morgan fingerprint density at radius 2 is 1.89 bits per heavy atom. The van der Waals surface area contributed by atoms with E-state index < -0.39 is 15.6 Å². The van der Waals surface area contributed by atoms with E-state index >= 15 is 0 Å². The summed E-state index contributed by atoms with van der Waals surface area (Å²) in [5.74, 6) is 0.117. The highest BCUT2D eigenvalue weighted by atomic mass is 32.2. The van der Waals surface area contributed by atoms with Crippen LogP contribution < -0.4 is 4.31 Å². The van der Waals surface area contributed by atoms with Crippen LogP contribution in [0.25, 0.3) is 0 Å². The van der Waals surface area contributed by atoms with Crippen LogP contribution in [-0.4, -0.2) is 42.6 Å². The normalized spacial score (nSPS) is 15.7. The number of fused-ring (bicyclic) bond motifs is 1. The molecule has 0 radical (unpaired) electrons. The first kappa shape index (κ1) is 25.8. The van der Waals surface area contributed by atoms with E-state index in [0.29, 0.717) is 25.1 Å². The Labute approximate surface area is 212 Å². The summed E-state index contributed by atoms with van der Waals surface area (Å²) in [7, 11) is -3.93. The minimum Gasteiger partial charge on any atom is -0.444 e. The van der Waals surface area contributed by atoms with Crippen molar-refractivity contribution in [3.05, 3.63) is 72.2 Å². The zero-order chi connectivity index (χ0) is 25.9. The molecule has 0 saturated heterocycles. The average molecular weight is 512 g/mol. The monoisotopic (exact) mass is 511 g/mol. The van der Waals surface area contributed by atoms with Crippen LogP contribution in [0.2, 0.25) is 0 Å². The molecule has 0 saturated carbocycles. The van der Waals surface area contributed by atoms with Gasteiger partial charge in [0.05, 0.1) is 16.8 Å². The zero-order valence-corrected chi connectivity index (χ0v) is 22.0. The van der Waals surface area contributed by atoms with E-state index in [9.17, 15) is 13.2 Å². The first-order valence-corrected chi connectivity index (χ1v) is 13.6. The van der Waals surface area contributed by atoms with Gasteiger partial charge in [0, 0.05) is 12.6 Å². The number of hydrogen-bond acceptors (Lipinski definition) is 6. The van der Waals surface area contributed by atoms with Crippen LogP contribution in [0.15, 0.2) is 70.4 Å². The molecule has 0 fully saturated rings. The fourth-order valence-electron chi connectivity index (χ4n) is 4.49. The lowest BCUT2D eigenvalue weighted by molar-refractivity contribution is 0.0146. The number of benzene rings is 2. The summed E-state index contributed by atoms with van der Waals surface area (Å²) < 4.78 is 39.4. The van der Waals surface area contributed by atoms with Crippen LogP contribution in [0.5, 0.6) is 0 Å². The lowest BCUT2D eigenvalue weighted by Gasteiger charge is -2.36. The molecule has 0 N–H and O–H groups in total. The third-order valence-corrected chi connectivity index (χ3v) is 7.80. The second kappa shape index (κ2) is 10.3. The van der Waals surface area contributed by atoms with Crippen molar-refractivity contribution in [2.75, 3.05) is 10.8 Å². The van der Waals surface area contributed by atoms with Crippen LogP contribution in [-0.2, 0) is 27.6 Å². The lowest BCUT2D eigenvalue weighted by Crippen LogP contribution is -2.46. The lowest BCUT2D eigenvalue weighted by atomic mass is 9.87. The van der Waals surface area contributed by atoms with E-state index in [1.807, 2.05) is 44.7 Å². The summed E-state index contributed by atoms with van der Waals surface area (Å²) >= 11 is 0. The number of anilines is 2. The number of nitrogens with zero attached hydrogens (tertiary/aromatic N) is 3. The predicted octanol–water partition coefficient (Wildman–Crippen LogP) is 5.71. The van der Waals surface area contributed by atoms with Crippen LogP contribution in [0, 0.1) is 0 Å². The molecule has 9 heteroatoms. The Morgan fingerprint density at radius 1 is 1.14 bits per heavy atom. The number of rotatable bonds is 7. The predicted molar refractivity (Wildman–Crippen MR) is 138 cm³/mol. The first-order chi connectivity index (χ1) is 17.1. The third kappa shape index (κ3) is 5.56. The van der Waals surface area contributed by atoms with Gasteiger partial charge in [-0.2, -0.15) is 0 Å². The van der Waals surface area contributed by atoms with Gasteiger partial charge in [0.2, 0.25) is 5.88 Å². The molecule has 1 atom stereocenters. The van der Waals surface area contributed by atoms with Crippen molar-refractivity contribution >= 4 is 27.7 Å². The van der Waals surface area contributed by atoms with E-state index in [1.165, 1.54) is 16.9 Å². The summed E-state index contributed by atoms with van der Waals surface area (Å²) in [4.78, 5) is 18.8. The van der Waals surface area contributed by atoms with E-state index in [-0.39, 0.29) is 22.9 Å². The highest BCUT2D eigenvalue weighted by molar-refractivity contribution is 7.93. The van der Waals surface area contributed by atoms with Gasteiger partial charge in [-0.3, -0.25) is 0 Å². The molecule has 0 bridgehead atoms. The van der Waals surface area contributed by atoms with Crippen molar-refractivity contribution in [2.45, 2.75) is 69.9 Å². The molecule has 0 aliphatic heterocycles. The number of hydrogen-bond donors (Lipinski definition) is 0. The molecule has 1 aliphatic rings. The van der Waals surface area contributed by atoms with Gasteiger partial charge in [-0.1, -0.05) is 31.2 Å². The number of carbonyl (C=O) groups is 1.